The summed E-state index contributed by atoms with van der Waals surface area (Å²) in [6, 6.07) is 0.324. The largest absolute Gasteiger partial charge is 0.478 e. The maximum Gasteiger partial charge on any atom is 0.340 e. The number of rotatable bonds is 5. The quantitative estimate of drug-likeness (QED) is 0.830. The summed E-state index contributed by atoms with van der Waals surface area (Å²) in [7, 11) is 0. The molecule has 1 aliphatic carbocycles. The third-order valence-corrected chi connectivity index (χ3v) is 3.71. The van der Waals surface area contributed by atoms with Gasteiger partial charge in [0.25, 0.3) is 0 Å². The predicted octanol–water partition coefficient (Wildman–Crippen LogP) is 2.75. The van der Waals surface area contributed by atoms with Crippen LogP contribution in [0.25, 0.3) is 0 Å². The highest BCUT2D eigenvalue weighted by Crippen LogP contribution is 2.35. The molecule has 1 aliphatic rings. The summed E-state index contributed by atoms with van der Waals surface area (Å²) in [6.45, 7) is 3.83. The summed E-state index contributed by atoms with van der Waals surface area (Å²) in [5.41, 5.74) is 0.922. The Hall–Kier alpha value is -1.10. The average Bonchev–Trinajstić information content (AvgIpc) is 2.90. The van der Waals surface area contributed by atoms with Crippen molar-refractivity contribution in [2.24, 2.45) is 5.92 Å². The molecule has 1 aromatic heterocycles. The molecular formula is C11H16N2O2S. The van der Waals surface area contributed by atoms with E-state index in [1.807, 2.05) is 0 Å². The Labute approximate surface area is 98.9 Å². The van der Waals surface area contributed by atoms with Crippen LogP contribution in [0.5, 0.6) is 0 Å². The second-order valence-corrected chi connectivity index (χ2v) is 5.28. The molecule has 4 nitrogen and oxygen atoms in total. The van der Waals surface area contributed by atoms with Gasteiger partial charge in [0.15, 0.2) is 0 Å². The SMILES string of the molecule is Cc1nsc(NC(C)CC2CC2)c1C(=O)O. The summed E-state index contributed by atoms with van der Waals surface area (Å²) >= 11 is 1.24. The van der Waals surface area contributed by atoms with Gasteiger partial charge in [0, 0.05) is 6.04 Å². The molecule has 1 fully saturated rings. The Bertz CT molecular complexity index is 399. The van der Waals surface area contributed by atoms with E-state index >= 15 is 0 Å². The van der Waals surface area contributed by atoms with E-state index in [0.29, 0.717) is 22.3 Å². The molecule has 5 heteroatoms. The smallest absolute Gasteiger partial charge is 0.340 e. The molecule has 0 amide bonds. The van der Waals surface area contributed by atoms with Crippen molar-refractivity contribution in [1.29, 1.82) is 0 Å². The van der Waals surface area contributed by atoms with Crippen molar-refractivity contribution in [3.8, 4) is 0 Å². The van der Waals surface area contributed by atoms with Gasteiger partial charge in [-0.3, -0.25) is 0 Å². The molecule has 0 spiro atoms. The molecule has 1 heterocycles. The molecule has 0 aromatic carbocycles. The zero-order valence-corrected chi connectivity index (χ0v) is 10.3. The zero-order chi connectivity index (χ0) is 11.7. The van der Waals surface area contributed by atoms with Crippen LogP contribution in [0.4, 0.5) is 5.00 Å². The minimum atomic E-state index is -0.896. The number of carboxylic acids is 1. The molecular weight excluding hydrogens is 224 g/mol. The summed E-state index contributed by atoms with van der Waals surface area (Å²) < 4.78 is 4.08. The first-order valence-electron chi connectivity index (χ1n) is 5.54. The number of anilines is 1. The fourth-order valence-corrected chi connectivity index (χ4v) is 2.76. The molecule has 1 saturated carbocycles. The van der Waals surface area contributed by atoms with E-state index in [4.69, 9.17) is 5.11 Å². The van der Waals surface area contributed by atoms with Gasteiger partial charge >= 0.3 is 5.97 Å². The Morgan fingerprint density at radius 1 is 1.69 bits per heavy atom. The van der Waals surface area contributed by atoms with Gasteiger partial charge in [-0.15, -0.1) is 0 Å². The van der Waals surface area contributed by atoms with E-state index in [1.54, 1.807) is 6.92 Å². The Kier molecular flexibility index (Phi) is 3.14. The van der Waals surface area contributed by atoms with Crippen LogP contribution in [0, 0.1) is 12.8 Å². The molecule has 2 N–H and O–H groups in total. The lowest BCUT2D eigenvalue weighted by atomic mass is 10.1. The van der Waals surface area contributed by atoms with Crippen LogP contribution in [0.2, 0.25) is 0 Å². The van der Waals surface area contributed by atoms with Gasteiger partial charge < -0.3 is 10.4 Å². The number of nitrogens with zero attached hydrogens (tertiary/aromatic N) is 1. The number of nitrogens with one attached hydrogen (secondary N) is 1. The first kappa shape index (κ1) is 11.4. The van der Waals surface area contributed by atoms with Gasteiger partial charge in [-0.25, -0.2) is 4.79 Å². The molecule has 1 atom stereocenters. The highest BCUT2D eigenvalue weighted by Gasteiger charge is 2.25. The predicted molar refractivity (Wildman–Crippen MR) is 64.2 cm³/mol. The molecule has 0 saturated heterocycles. The van der Waals surface area contributed by atoms with Crippen molar-refractivity contribution in [3.63, 3.8) is 0 Å². The molecule has 88 valence electrons. The topological polar surface area (TPSA) is 62.2 Å². The van der Waals surface area contributed by atoms with Crippen molar-refractivity contribution < 1.29 is 9.90 Å². The molecule has 1 aromatic rings. The number of hydrogen-bond donors (Lipinski definition) is 2. The lowest BCUT2D eigenvalue weighted by Gasteiger charge is -2.13. The van der Waals surface area contributed by atoms with Crippen LogP contribution >= 0.6 is 11.5 Å². The summed E-state index contributed by atoms with van der Waals surface area (Å²) in [5.74, 6) is -0.0582. The lowest BCUT2D eigenvalue weighted by molar-refractivity contribution is 0.0697. The van der Waals surface area contributed by atoms with Crippen molar-refractivity contribution >= 4 is 22.5 Å². The van der Waals surface area contributed by atoms with Gasteiger partial charge in [0.2, 0.25) is 0 Å². The molecule has 0 radical (unpaired) electrons. The highest BCUT2D eigenvalue weighted by molar-refractivity contribution is 7.10. The number of aromatic carboxylic acids is 1. The van der Waals surface area contributed by atoms with Crippen molar-refractivity contribution in [3.05, 3.63) is 11.3 Å². The number of aryl methyl sites for hydroxylation is 1. The highest BCUT2D eigenvalue weighted by atomic mass is 32.1. The van der Waals surface area contributed by atoms with Crippen molar-refractivity contribution in [2.45, 2.75) is 39.2 Å². The second-order valence-electron chi connectivity index (χ2n) is 4.50. The van der Waals surface area contributed by atoms with Crippen LogP contribution in [0.1, 0.15) is 42.2 Å². The third-order valence-electron chi connectivity index (χ3n) is 2.84. The zero-order valence-electron chi connectivity index (χ0n) is 9.49. The minimum absolute atomic E-state index is 0.324. The molecule has 2 rings (SSSR count). The van der Waals surface area contributed by atoms with E-state index in [9.17, 15) is 4.79 Å². The second kappa shape index (κ2) is 4.41. The van der Waals surface area contributed by atoms with Crippen LogP contribution in [-0.2, 0) is 0 Å². The van der Waals surface area contributed by atoms with E-state index in [2.05, 4.69) is 16.6 Å². The van der Waals surface area contributed by atoms with Gasteiger partial charge in [-0.05, 0) is 37.7 Å². The van der Waals surface area contributed by atoms with E-state index < -0.39 is 5.97 Å². The van der Waals surface area contributed by atoms with E-state index in [0.717, 1.165) is 12.3 Å². The lowest BCUT2D eigenvalue weighted by Crippen LogP contribution is -2.16. The molecule has 1 unspecified atom stereocenters. The van der Waals surface area contributed by atoms with Gasteiger partial charge in [0.05, 0.1) is 5.69 Å². The minimum Gasteiger partial charge on any atom is -0.478 e. The third kappa shape index (κ3) is 2.52. The fourth-order valence-electron chi connectivity index (χ4n) is 1.86. The van der Waals surface area contributed by atoms with E-state index in [1.165, 1.54) is 24.4 Å². The Balaban J connectivity index is 2.04. The van der Waals surface area contributed by atoms with E-state index in [-0.39, 0.29) is 0 Å². The van der Waals surface area contributed by atoms with Crippen LogP contribution in [-0.4, -0.2) is 21.5 Å². The first-order chi connectivity index (χ1) is 7.58. The molecule has 0 aliphatic heterocycles. The van der Waals surface area contributed by atoms with Crippen LogP contribution in [0.15, 0.2) is 0 Å². The van der Waals surface area contributed by atoms with Gasteiger partial charge in [-0.1, -0.05) is 12.8 Å². The number of carboxylic acid groups (broad SMARTS) is 1. The monoisotopic (exact) mass is 240 g/mol. The summed E-state index contributed by atoms with van der Waals surface area (Å²) in [4.78, 5) is 11.0. The van der Waals surface area contributed by atoms with Crippen LogP contribution in [0.3, 0.4) is 0 Å². The fraction of sp³-hybridized carbons (Fsp3) is 0.636. The average molecular weight is 240 g/mol. The maximum atomic E-state index is 11.0. The molecule has 0 bridgehead atoms. The van der Waals surface area contributed by atoms with Gasteiger partial charge in [0.1, 0.15) is 10.6 Å². The number of hydrogen-bond acceptors (Lipinski definition) is 4. The maximum absolute atomic E-state index is 11.0. The van der Waals surface area contributed by atoms with Crippen LogP contribution < -0.4 is 5.32 Å². The van der Waals surface area contributed by atoms with Crippen molar-refractivity contribution in [1.82, 2.24) is 4.37 Å². The number of carbonyl (C=O) groups is 1. The Morgan fingerprint density at radius 3 is 2.94 bits per heavy atom. The Morgan fingerprint density at radius 2 is 2.38 bits per heavy atom. The first-order valence-corrected chi connectivity index (χ1v) is 6.31. The summed E-state index contributed by atoms with van der Waals surface area (Å²) in [6.07, 6.45) is 3.76. The summed E-state index contributed by atoms with van der Waals surface area (Å²) in [5, 5.41) is 13.0. The van der Waals surface area contributed by atoms with Gasteiger partial charge in [-0.2, -0.15) is 4.37 Å². The molecule has 16 heavy (non-hydrogen) atoms. The normalized spacial score (nSPS) is 17.1. The van der Waals surface area contributed by atoms with Crippen molar-refractivity contribution in [2.75, 3.05) is 5.32 Å². The standard InChI is InChI=1S/C11H16N2O2S/c1-6(5-8-3-4-8)12-10-9(11(14)15)7(2)13-16-10/h6,8,12H,3-5H2,1-2H3,(H,14,15). The number of aromatic nitrogens is 1.